The summed E-state index contributed by atoms with van der Waals surface area (Å²) in [4.78, 5) is 0.140. The van der Waals surface area contributed by atoms with Crippen molar-refractivity contribution in [1.29, 1.82) is 0 Å². The van der Waals surface area contributed by atoms with E-state index in [2.05, 4.69) is 6.58 Å². The fourth-order valence-corrected chi connectivity index (χ4v) is 0.581. The molecule has 0 fully saturated rings. The van der Waals surface area contributed by atoms with Gasteiger partial charge in [-0.15, -0.1) is 0 Å². The number of hydrogen-bond donors (Lipinski definition) is 1. The summed E-state index contributed by atoms with van der Waals surface area (Å²) in [6, 6.07) is 0. The van der Waals surface area contributed by atoms with Crippen molar-refractivity contribution in [2.45, 2.75) is 13.8 Å². The van der Waals surface area contributed by atoms with E-state index in [-0.39, 0.29) is 4.91 Å². The lowest BCUT2D eigenvalue weighted by Gasteiger charge is -1.87. The lowest BCUT2D eigenvalue weighted by molar-refractivity contribution is 0.620. The second kappa shape index (κ2) is 4.91. The summed E-state index contributed by atoms with van der Waals surface area (Å²) in [5, 5.41) is 0. The third-order valence-corrected chi connectivity index (χ3v) is 1.85. The summed E-state index contributed by atoms with van der Waals surface area (Å²) in [5.74, 6) is 0. The van der Waals surface area contributed by atoms with E-state index < -0.39 is 10.7 Å². The molecule has 0 aromatic carbocycles. The minimum atomic E-state index is -2.51. The zero-order valence-electron chi connectivity index (χ0n) is 6.70. The number of thiol groups is 1. The lowest BCUT2D eigenvalue weighted by Crippen LogP contribution is -1.76. The van der Waals surface area contributed by atoms with Crippen LogP contribution in [0.2, 0.25) is 0 Å². The van der Waals surface area contributed by atoms with E-state index in [1.54, 1.807) is 6.08 Å². The van der Waals surface area contributed by atoms with Gasteiger partial charge in [0.1, 0.15) is 0 Å². The normalized spacial score (nSPS) is 12.8. The molecule has 0 bridgehead atoms. The first-order valence-corrected chi connectivity index (χ1v) is 4.40. The van der Waals surface area contributed by atoms with Gasteiger partial charge in [-0.3, -0.25) is 0 Å². The molecule has 0 aromatic rings. The second-order valence-corrected chi connectivity index (χ2v) is 3.20. The van der Waals surface area contributed by atoms with Gasteiger partial charge in [-0.05, 0) is 19.9 Å². The molecule has 0 atom stereocenters. The van der Waals surface area contributed by atoms with Crippen molar-refractivity contribution in [3.8, 4) is 0 Å². The van der Waals surface area contributed by atoms with Crippen LogP contribution in [0.5, 0.6) is 0 Å². The molecular formula is C8H12O2S. The van der Waals surface area contributed by atoms with Crippen LogP contribution in [0.15, 0.2) is 35.3 Å². The van der Waals surface area contributed by atoms with Crippen molar-refractivity contribution in [3.63, 3.8) is 0 Å². The van der Waals surface area contributed by atoms with Crippen LogP contribution in [-0.2, 0) is 10.7 Å². The van der Waals surface area contributed by atoms with Gasteiger partial charge < -0.3 is 0 Å². The van der Waals surface area contributed by atoms with E-state index in [9.17, 15) is 8.42 Å². The van der Waals surface area contributed by atoms with Crippen LogP contribution in [0.25, 0.3) is 0 Å². The van der Waals surface area contributed by atoms with Gasteiger partial charge in [-0.25, -0.2) is 8.42 Å². The highest BCUT2D eigenvalue weighted by atomic mass is 32.2. The molecule has 0 saturated carbocycles. The van der Waals surface area contributed by atoms with Gasteiger partial charge in [-0.2, -0.15) is 0 Å². The van der Waals surface area contributed by atoms with E-state index in [0.29, 0.717) is 0 Å². The van der Waals surface area contributed by atoms with Crippen LogP contribution < -0.4 is 0 Å². The highest BCUT2D eigenvalue weighted by Gasteiger charge is 1.87. The average Bonchev–Trinajstić information content (AvgIpc) is 1.99. The lowest BCUT2D eigenvalue weighted by atomic mass is 10.3. The molecule has 0 saturated heterocycles. The van der Waals surface area contributed by atoms with E-state index in [4.69, 9.17) is 0 Å². The Morgan fingerprint density at radius 1 is 1.36 bits per heavy atom. The molecule has 0 aliphatic rings. The first kappa shape index (κ1) is 10.2. The fraction of sp³-hybridized carbons (Fsp3) is 0.250. The van der Waals surface area contributed by atoms with Crippen molar-refractivity contribution in [1.82, 2.24) is 0 Å². The summed E-state index contributed by atoms with van der Waals surface area (Å²) in [6.07, 6.45) is 5.09. The van der Waals surface area contributed by atoms with Crippen molar-refractivity contribution < 1.29 is 8.42 Å². The van der Waals surface area contributed by atoms with Crippen molar-refractivity contribution in [2.75, 3.05) is 0 Å². The van der Waals surface area contributed by atoms with E-state index in [1.165, 1.54) is 6.08 Å². The summed E-state index contributed by atoms with van der Waals surface area (Å²) >= 11 is 0. The molecule has 0 rings (SSSR count). The molecule has 0 aromatic heterocycles. The van der Waals surface area contributed by atoms with Gasteiger partial charge in [0.25, 0.3) is 0 Å². The minimum Gasteiger partial charge on any atom is -0.227 e. The fourth-order valence-electron chi connectivity index (χ4n) is 0.385. The van der Waals surface area contributed by atoms with Gasteiger partial charge in [0, 0.05) is 0 Å². The molecule has 0 N–H and O–H groups in total. The highest BCUT2D eigenvalue weighted by Crippen LogP contribution is 1.98. The zero-order chi connectivity index (χ0) is 8.85. The molecule has 3 heteroatoms. The quantitative estimate of drug-likeness (QED) is 0.518. The Bertz CT molecular complexity index is 262. The average molecular weight is 172 g/mol. The Hall–Kier alpha value is -0.830. The monoisotopic (exact) mass is 172 g/mol. The predicted octanol–water partition coefficient (Wildman–Crippen LogP) is 1.63. The first-order chi connectivity index (χ1) is 5.07. The maximum atomic E-state index is 10.3. The number of hydrogen-bond acceptors (Lipinski definition) is 2. The molecule has 62 valence electrons. The van der Waals surface area contributed by atoms with Crippen molar-refractivity contribution >= 4 is 10.7 Å². The molecule has 11 heavy (non-hydrogen) atoms. The molecule has 0 unspecified atom stereocenters. The Kier molecular flexibility index (Phi) is 4.54. The second-order valence-electron chi connectivity index (χ2n) is 2.11. The molecular weight excluding hydrogens is 160 g/mol. The Labute approximate surface area is 68.9 Å². The minimum absolute atomic E-state index is 0.140. The van der Waals surface area contributed by atoms with Gasteiger partial charge in [-0.1, -0.05) is 24.3 Å². The van der Waals surface area contributed by atoms with Crippen LogP contribution in [0.3, 0.4) is 0 Å². The molecule has 0 amide bonds. The van der Waals surface area contributed by atoms with Crippen LogP contribution in [0.4, 0.5) is 0 Å². The summed E-state index contributed by atoms with van der Waals surface area (Å²) in [6.45, 7) is 7.13. The van der Waals surface area contributed by atoms with Crippen LogP contribution >= 0.6 is 0 Å². The van der Waals surface area contributed by atoms with Gasteiger partial charge in [0.2, 0.25) is 0 Å². The first-order valence-electron chi connectivity index (χ1n) is 3.22. The van der Waals surface area contributed by atoms with Crippen LogP contribution in [0.1, 0.15) is 13.8 Å². The Morgan fingerprint density at radius 2 is 1.91 bits per heavy atom. The van der Waals surface area contributed by atoms with Gasteiger partial charge in [0.05, 0.1) is 4.91 Å². The molecule has 0 radical (unpaired) electrons. The topological polar surface area (TPSA) is 34.1 Å². The van der Waals surface area contributed by atoms with Crippen LogP contribution in [-0.4, -0.2) is 8.42 Å². The molecule has 0 aliphatic heterocycles. The van der Waals surface area contributed by atoms with E-state index >= 15 is 0 Å². The van der Waals surface area contributed by atoms with Gasteiger partial charge in [0.15, 0.2) is 10.7 Å². The molecule has 0 heterocycles. The summed E-state index contributed by atoms with van der Waals surface area (Å²) in [7, 11) is -2.51. The standard InChI is InChI=1S/C8H12O2S/c1-4-7(2)5-6-8(3)11(9)10/h4-6,11H,3H2,1-2H3/b6-5-,7-4-. The SMILES string of the molecule is C=C(/C=C\C(C)=C/C)[SH](=O)=O. The smallest absolute Gasteiger partial charge is 0.167 e. The van der Waals surface area contributed by atoms with Crippen molar-refractivity contribution in [2.24, 2.45) is 0 Å². The number of rotatable bonds is 3. The van der Waals surface area contributed by atoms with E-state index in [0.717, 1.165) is 5.57 Å². The number of allylic oxidation sites excluding steroid dienone is 4. The van der Waals surface area contributed by atoms with Crippen molar-refractivity contribution in [3.05, 3.63) is 35.3 Å². The third-order valence-electron chi connectivity index (χ3n) is 1.23. The maximum Gasteiger partial charge on any atom is 0.167 e. The van der Waals surface area contributed by atoms with Crippen LogP contribution in [0, 0.1) is 0 Å². The summed E-state index contributed by atoms with van der Waals surface area (Å²) < 4.78 is 20.5. The Balaban J connectivity index is 4.27. The maximum absolute atomic E-state index is 10.3. The zero-order valence-corrected chi connectivity index (χ0v) is 7.60. The van der Waals surface area contributed by atoms with E-state index in [1.807, 2.05) is 19.9 Å². The molecule has 2 nitrogen and oxygen atoms in total. The summed E-state index contributed by atoms with van der Waals surface area (Å²) in [5.41, 5.74) is 1.02. The third kappa shape index (κ3) is 4.56. The molecule has 0 spiro atoms. The molecule has 0 aliphatic carbocycles. The predicted molar refractivity (Wildman–Crippen MR) is 48.0 cm³/mol. The van der Waals surface area contributed by atoms with Gasteiger partial charge >= 0.3 is 0 Å². The Morgan fingerprint density at radius 3 is 2.27 bits per heavy atom. The largest absolute Gasteiger partial charge is 0.227 e. The highest BCUT2D eigenvalue weighted by molar-refractivity contribution is 7.77.